The van der Waals surface area contributed by atoms with E-state index in [-0.39, 0.29) is 12.3 Å². The Labute approximate surface area is 123 Å². The van der Waals surface area contributed by atoms with Crippen molar-refractivity contribution in [2.75, 3.05) is 0 Å². The van der Waals surface area contributed by atoms with Gasteiger partial charge in [0.15, 0.2) is 0 Å². The first kappa shape index (κ1) is 16.2. The summed E-state index contributed by atoms with van der Waals surface area (Å²) in [4.78, 5) is 22.7. The van der Waals surface area contributed by atoms with Crippen molar-refractivity contribution in [1.29, 1.82) is 0 Å². The molecule has 0 saturated heterocycles. The van der Waals surface area contributed by atoms with E-state index in [0.717, 1.165) is 5.56 Å². The standard InChI is InChI=1S/C15H18ClNO3/c1-2-3-8-14(18)17-13(15(19)20)10-9-11-6-4-5-7-12(11)16/h2,4-7,13H,1,3,8-10H2,(H,17,18)(H,19,20). The maximum absolute atomic E-state index is 11.5. The summed E-state index contributed by atoms with van der Waals surface area (Å²) in [6, 6.07) is 6.37. The molecule has 4 nitrogen and oxygen atoms in total. The number of benzene rings is 1. The van der Waals surface area contributed by atoms with Gasteiger partial charge in [0.1, 0.15) is 6.04 Å². The largest absolute Gasteiger partial charge is 0.480 e. The first-order valence-electron chi connectivity index (χ1n) is 6.41. The second kappa shape index (κ2) is 8.38. The van der Waals surface area contributed by atoms with Crippen molar-refractivity contribution in [2.24, 2.45) is 0 Å². The number of carboxylic acid groups (broad SMARTS) is 1. The Morgan fingerprint density at radius 2 is 2.10 bits per heavy atom. The lowest BCUT2D eigenvalue weighted by molar-refractivity contribution is -0.142. The highest BCUT2D eigenvalue weighted by Gasteiger charge is 2.19. The van der Waals surface area contributed by atoms with E-state index in [0.29, 0.717) is 24.3 Å². The number of carbonyl (C=O) groups excluding carboxylic acids is 1. The molecule has 0 saturated carbocycles. The number of carbonyl (C=O) groups is 2. The van der Waals surface area contributed by atoms with Gasteiger partial charge in [0.2, 0.25) is 5.91 Å². The van der Waals surface area contributed by atoms with E-state index in [1.54, 1.807) is 12.1 Å². The first-order chi connectivity index (χ1) is 9.54. The number of halogens is 1. The fourth-order valence-electron chi connectivity index (χ4n) is 1.76. The molecular formula is C15H18ClNO3. The van der Waals surface area contributed by atoms with Crippen molar-refractivity contribution in [2.45, 2.75) is 31.7 Å². The van der Waals surface area contributed by atoms with E-state index >= 15 is 0 Å². The summed E-state index contributed by atoms with van der Waals surface area (Å²) in [5, 5.41) is 12.2. The van der Waals surface area contributed by atoms with Gasteiger partial charge >= 0.3 is 5.97 Å². The molecule has 0 spiro atoms. The molecule has 2 N–H and O–H groups in total. The molecule has 0 aliphatic carbocycles. The Hall–Kier alpha value is -1.81. The summed E-state index contributed by atoms with van der Waals surface area (Å²) >= 11 is 6.02. The van der Waals surface area contributed by atoms with Crippen LogP contribution in [-0.4, -0.2) is 23.0 Å². The zero-order valence-corrected chi connectivity index (χ0v) is 11.9. The lowest BCUT2D eigenvalue weighted by Gasteiger charge is -2.14. The van der Waals surface area contributed by atoms with Gasteiger partial charge < -0.3 is 10.4 Å². The second-order valence-electron chi connectivity index (χ2n) is 4.42. The first-order valence-corrected chi connectivity index (χ1v) is 6.79. The highest BCUT2D eigenvalue weighted by atomic mass is 35.5. The number of aryl methyl sites for hydroxylation is 1. The topological polar surface area (TPSA) is 66.4 Å². The normalized spacial score (nSPS) is 11.7. The van der Waals surface area contributed by atoms with Crippen molar-refractivity contribution in [3.05, 3.63) is 47.5 Å². The summed E-state index contributed by atoms with van der Waals surface area (Å²) < 4.78 is 0. The molecule has 0 bridgehead atoms. The summed E-state index contributed by atoms with van der Waals surface area (Å²) in [6.07, 6.45) is 3.21. The van der Waals surface area contributed by atoms with E-state index < -0.39 is 12.0 Å². The van der Waals surface area contributed by atoms with Gasteiger partial charge in [0.05, 0.1) is 0 Å². The van der Waals surface area contributed by atoms with Crippen molar-refractivity contribution in [3.8, 4) is 0 Å². The molecular weight excluding hydrogens is 278 g/mol. The molecule has 0 fully saturated rings. The molecule has 1 unspecified atom stereocenters. The van der Waals surface area contributed by atoms with E-state index in [1.807, 2.05) is 18.2 Å². The lowest BCUT2D eigenvalue weighted by Crippen LogP contribution is -2.41. The third-order valence-corrected chi connectivity index (χ3v) is 3.24. The number of hydrogen-bond acceptors (Lipinski definition) is 2. The number of aliphatic carboxylic acids is 1. The van der Waals surface area contributed by atoms with Gasteiger partial charge in [0, 0.05) is 11.4 Å². The van der Waals surface area contributed by atoms with Crippen molar-refractivity contribution < 1.29 is 14.7 Å². The lowest BCUT2D eigenvalue weighted by atomic mass is 10.0. The highest BCUT2D eigenvalue weighted by Crippen LogP contribution is 2.17. The molecule has 1 aromatic rings. The zero-order valence-electron chi connectivity index (χ0n) is 11.1. The van der Waals surface area contributed by atoms with Crippen LogP contribution in [-0.2, 0) is 16.0 Å². The van der Waals surface area contributed by atoms with E-state index in [9.17, 15) is 9.59 Å². The van der Waals surface area contributed by atoms with Crippen LogP contribution in [0.1, 0.15) is 24.8 Å². The summed E-state index contributed by atoms with van der Waals surface area (Å²) in [7, 11) is 0. The Morgan fingerprint density at radius 1 is 1.40 bits per heavy atom. The highest BCUT2D eigenvalue weighted by molar-refractivity contribution is 6.31. The fraction of sp³-hybridized carbons (Fsp3) is 0.333. The minimum Gasteiger partial charge on any atom is -0.480 e. The Bertz CT molecular complexity index is 488. The average molecular weight is 296 g/mol. The molecule has 20 heavy (non-hydrogen) atoms. The van der Waals surface area contributed by atoms with Crippen molar-refractivity contribution >= 4 is 23.5 Å². The summed E-state index contributed by atoms with van der Waals surface area (Å²) in [5.74, 6) is -1.32. The van der Waals surface area contributed by atoms with Gasteiger partial charge in [-0.15, -0.1) is 6.58 Å². The molecule has 0 radical (unpaired) electrons. The molecule has 0 aliphatic rings. The molecule has 1 aromatic carbocycles. The number of rotatable bonds is 8. The molecule has 108 valence electrons. The van der Waals surface area contributed by atoms with E-state index in [1.165, 1.54) is 0 Å². The quantitative estimate of drug-likeness (QED) is 0.725. The molecule has 5 heteroatoms. The molecule has 0 aromatic heterocycles. The summed E-state index contributed by atoms with van der Waals surface area (Å²) in [5.41, 5.74) is 0.876. The number of allylic oxidation sites excluding steroid dienone is 1. The predicted octanol–water partition coefficient (Wildman–Crippen LogP) is 2.81. The number of hydrogen-bond donors (Lipinski definition) is 2. The second-order valence-corrected chi connectivity index (χ2v) is 4.82. The Morgan fingerprint density at radius 3 is 2.70 bits per heavy atom. The Balaban J connectivity index is 2.55. The van der Waals surface area contributed by atoms with Crippen LogP contribution in [0.5, 0.6) is 0 Å². The predicted molar refractivity (Wildman–Crippen MR) is 78.8 cm³/mol. The number of carboxylic acids is 1. The van der Waals surface area contributed by atoms with Crippen LogP contribution in [0.25, 0.3) is 0 Å². The SMILES string of the molecule is C=CCCC(=O)NC(CCc1ccccc1Cl)C(=O)O. The third-order valence-electron chi connectivity index (χ3n) is 2.87. The van der Waals surface area contributed by atoms with Crippen LogP contribution in [0.2, 0.25) is 5.02 Å². The van der Waals surface area contributed by atoms with Gasteiger partial charge in [-0.25, -0.2) is 4.79 Å². The Kier molecular flexibility index (Phi) is 6.81. The monoisotopic (exact) mass is 295 g/mol. The van der Waals surface area contributed by atoms with Crippen molar-refractivity contribution in [1.82, 2.24) is 5.32 Å². The van der Waals surface area contributed by atoms with Crippen LogP contribution in [0.4, 0.5) is 0 Å². The van der Waals surface area contributed by atoms with Crippen LogP contribution >= 0.6 is 11.6 Å². The molecule has 1 atom stereocenters. The van der Waals surface area contributed by atoms with Crippen LogP contribution in [0.3, 0.4) is 0 Å². The molecule has 1 rings (SSSR count). The molecule has 0 heterocycles. The zero-order chi connectivity index (χ0) is 15.0. The average Bonchev–Trinajstić information content (AvgIpc) is 2.42. The van der Waals surface area contributed by atoms with Gasteiger partial charge in [0.25, 0.3) is 0 Å². The maximum Gasteiger partial charge on any atom is 0.326 e. The molecule has 1 amide bonds. The van der Waals surface area contributed by atoms with Gasteiger partial charge in [-0.3, -0.25) is 4.79 Å². The number of amides is 1. The third kappa shape index (κ3) is 5.45. The number of nitrogens with one attached hydrogen (secondary N) is 1. The van der Waals surface area contributed by atoms with Gasteiger partial charge in [-0.2, -0.15) is 0 Å². The van der Waals surface area contributed by atoms with E-state index in [4.69, 9.17) is 16.7 Å². The van der Waals surface area contributed by atoms with Crippen LogP contribution in [0.15, 0.2) is 36.9 Å². The maximum atomic E-state index is 11.5. The molecule has 0 aliphatic heterocycles. The van der Waals surface area contributed by atoms with Gasteiger partial charge in [-0.1, -0.05) is 35.9 Å². The van der Waals surface area contributed by atoms with Gasteiger partial charge in [-0.05, 0) is 30.9 Å². The minimum absolute atomic E-state index is 0.249. The van der Waals surface area contributed by atoms with E-state index in [2.05, 4.69) is 11.9 Å². The van der Waals surface area contributed by atoms with Crippen LogP contribution < -0.4 is 5.32 Å². The van der Waals surface area contributed by atoms with Crippen molar-refractivity contribution in [3.63, 3.8) is 0 Å². The summed E-state index contributed by atoms with van der Waals surface area (Å²) in [6.45, 7) is 3.52. The van der Waals surface area contributed by atoms with Crippen LogP contribution in [0, 0.1) is 0 Å². The smallest absolute Gasteiger partial charge is 0.326 e. The minimum atomic E-state index is -1.04. The fourth-order valence-corrected chi connectivity index (χ4v) is 1.99.